The topological polar surface area (TPSA) is 19.6 Å². The molecule has 2 aliphatic carbocycles. The first-order valence-electron chi connectivity index (χ1n) is 27.4. The van der Waals surface area contributed by atoms with Crippen molar-refractivity contribution in [2.24, 2.45) is 0 Å². The maximum absolute atomic E-state index is 7.30. The first-order chi connectivity index (χ1) is 34.9. The Kier molecular flexibility index (Phi) is 9.45. The molecule has 14 rings (SSSR count). The maximum Gasteiger partial charge on any atom is 0.343 e. The second kappa shape index (κ2) is 15.0. The van der Waals surface area contributed by atoms with Crippen molar-refractivity contribution in [3.63, 3.8) is 0 Å². The lowest BCUT2D eigenvalue weighted by atomic mass is 9.46. The molecule has 6 heteroatoms. The molecular weight excluding hydrogens is 936 g/mol. The molecule has 0 bridgehead atoms. The third kappa shape index (κ3) is 6.55. The minimum absolute atomic E-state index is 0.0176. The number of anilines is 5. The monoisotopic (exact) mass is 1000 g/mol. The van der Waals surface area contributed by atoms with Crippen LogP contribution in [0.1, 0.15) is 156 Å². The molecule has 0 saturated carbocycles. The zero-order valence-electron chi connectivity index (χ0n) is 46.0. The van der Waals surface area contributed by atoms with Crippen LogP contribution in [0, 0.1) is 0 Å². The molecule has 3 nitrogen and oxygen atoms in total. The van der Waals surface area contributed by atoms with Gasteiger partial charge in [0.25, 0.3) is 0 Å². The summed E-state index contributed by atoms with van der Waals surface area (Å²) in [5.74, 6) is 0. The van der Waals surface area contributed by atoms with E-state index in [1.807, 2.05) is 22.7 Å². The Morgan fingerprint density at radius 1 is 0.486 bits per heavy atom. The van der Waals surface area contributed by atoms with Crippen LogP contribution in [0.3, 0.4) is 0 Å². The van der Waals surface area contributed by atoms with E-state index in [1.54, 1.807) is 0 Å². The second-order valence-electron chi connectivity index (χ2n) is 27.5. The fourth-order valence-corrected chi connectivity index (χ4v) is 16.3. The molecular formula is C68H69BN2OS2. The lowest BCUT2D eigenvalue weighted by Crippen LogP contribution is -2.60. The Balaban J connectivity index is 1.15. The molecule has 5 heterocycles. The summed E-state index contributed by atoms with van der Waals surface area (Å²) in [4.78, 5) is 5.41. The predicted octanol–water partition coefficient (Wildman–Crippen LogP) is 19.2. The summed E-state index contributed by atoms with van der Waals surface area (Å²) < 4.78 is 12.8. The summed E-state index contributed by atoms with van der Waals surface area (Å²) in [6.45, 7) is 33.5. The number of hydrogen-bond acceptors (Lipinski definition) is 5. The van der Waals surface area contributed by atoms with Gasteiger partial charge >= 0.3 is 6.85 Å². The van der Waals surface area contributed by atoms with Crippen LogP contribution in [-0.2, 0) is 32.5 Å². The fraction of sp³-hybridized carbons (Fsp3) is 0.353. The largest absolute Gasteiger partial charge is 0.455 e. The Labute approximate surface area is 446 Å². The number of hydrogen-bond donors (Lipinski definition) is 0. The van der Waals surface area contributed by atoms with Crippen LogP contribution >= 0.6 is 22.7 Å². The van der Waals surface area contributed by atoms with Gasteiger partial charge in [0.05, 0.1) is 5.69 Å². The van der Waals surface area contributed by atoms with Crippen LogP contribution in [0.4, 0.5) is 28.4 Å². The van der Waals surface area contributed by atoms with E-state index in [0.29, 0.717) is 0 Å². The van der Waals surface area contributed by atoms with Crippen molar-refractivity contribution in [2.45, 2.75) is 155 Å². The molecule has 2 aliphatic heterocycles. The van der Waals surface area contributed by atoms with E-state index in [1.165, 1.54) is 139 Å². The average molecular weight is 1010 g/mol. The number of para-hydroxylation sites is 1. The smallest absolute Gasteiger partial charge is 0.343 e. The van der Waals surface area contributed by atoms with Crippen LogP contribution < -0.4 is 20.0 Å². The van der Waals surface area contributed by atoms with Gasteiger partial charge in [-0.15, -0.1) is 22.7 Å². The summed E-state index contributed by atoms with van der Waals surface area (Å²) in [6, 6.07) is 45.9. The van der Waals surface area contributed by atoms with Gasteiger partial charge in [0.2, 0.25) is 0 Å². The Hall–Kier alpha value is -5.82. The third-order valence-corrected chi connectivity index (χ3v) is 21.0. The second-order valence-corrected chi connectivity index (χ2v) is 29.6. The third-order valence-electron chi connectivity index (χ3n) is 18.7. The number of benzene rings is 7. The van der Waals surface area contributed by atoms with Crippen LogP contribution in [0.2, 0.25) is 0 Å². The zero-order chi connectivity index (χ0) is 51.6. The average Bonchev–Trinajstić information content (AvgIpc) is 4.08. The molecule has 0 saturated heterocycles. The first kappa shape index (κ1) is 46.7. The van der Waals surface area contributed by atoms with Crippen molar-refractivity contribution in [3.8, 4) is 11.1 Å². The van der Waals surface area contributed by atoms with Gasteiger partial charge < -0.3 is 14.1 Å². The summed E-state index contributed by atoms with van der Waals surface area (Å²) in [7, 11) is 0. The predicted molar refractivity (Wildman–Crippen MR) is 324 cm³/mol. The molecule has 0 atom stereocenters. The highest BCUT2D eigenvalue weighted by Crippen LogP contribution is 2.57. The lowest BCUT2D eigenvalue weighted by molar-refractivity contribution is 0.332. The fourth-order valence-electron chi connectivity index (χ4n) is 13.9. The minimum Gasteiger partial charge on any atom is -0.455 e. The van der Waals surface area contributed by atoms with Gasteiger partial charge in [-0.05, 0) is 170 Å². The number of rotatable bonds is 2. The van der Waals surface area contributed by atoms with Crippen molar-refractivity contribution in [1.82, 2.24) is 0 Å². The maximum atomic E-state index is 7.30. The molecule has 0 radical (unpaired) electrons. The highest BCUT2D eigenvalue weighted by molar-refractivity contribution is 7.32. The summed E-state index contributed by atoms with van der Waals surface area (Å²) in [5, 5.41) is 6.36. The quantitative estimate of drug-likeness (QED) is 0.161. The Morgan fingerprint density at radius 3 is 1.57 bits per heavy atom. The van der Waals surface area contributed by atoms with Gasteiger partial charge in [-0.1, -0.05) is 139 Å². The van der Waals surface area contributed by atoms with E-state index in [4.69, 9.17) is 4.42 Å². The van der Waals surface area contributed by atoms with Gasteiger partial charge in [-0.25, -0.2) is 0 Å². The van der Waals surface area contributed by atoms with E-state index in [-0.39, 0.29) is 39.3 Å². The molecule has 0 N–H and O–H groups in total. The Morgan fingerprint density at radius 2 is 0.986 bits per heavy atom. The summed E-state index contributed by atoms with van der Waals surface area (Å²) in [6.07, 6.45) is 4.74. The molecule has 3 aromatic heterocycles. The minimum atomic E-state index is -0.137. The van der Waals surface area contributed by atoms with Crippen molar-refractivity contribution in [1.29, 1.82) is 0 Å². The van der Waals surface area contributed by atoms with Crippen molar-refractivity contribution in [2.75, 3.05) is 9.71 Å². The highest BCUT2D eigenvalue weighted by Gasteiger charge is 2.50. The molecule has 7 aromatic carbocycles. The van der Waals surface area contributed by atoms with Gasteiger partial charge in [0.15, 0.2) is 0 Å². The normalized spacial score (nSPS) is 18.3. The summed E-state index contributed by atoms with van der Waals surface area (Å²) >= 11 is 3.99. The number of thiophene rings is 2. The van der Waals surface area contributed by atoms with Gasteiger partial charge in [-0.2, -0.15) is 0 Å². The molecule has 0 fully saturated rings. The summed E-state index contributed by atoms with van der Waals surface area (Å²) in [5.41, 5.74) is 20.9. The van der Waals surface area contributed by atoms with Gasteiger partial charge in [0.1, 0.15) is 11.2 Å². The molecule has 10 aromatic rings. The SMILES string of the molecule is CC(C)(C)c1ccc(N2B3c4sc5cc6c(cc5c4N(c4ccc(C(C)(C)C)cc4)c4cc5c(oc7ccccc75)c(c43)-c3cc4c(cc32)sc2cc3c(cc24)C(C)(C)CCC3(C)C)C(C)(C)CCC6(C)C)cc1. The van der Waals surface area contributed by atoms with Crippen molar-refractivity contribution >= 4 is 120 Å². The molecule has 4 aliphatic rings. The van der Waals surface area contributed by atoms with E-state index >= 15 is 0 Å². The number of nitrogens with zero attached hydrogens (tertiary/aromatic N) is 2. The van der Waals surface area contributed by atoms with Crippen LogP contribution in [0.25, 0.3) is 63.3 Å². The molecule has 0 amide bonds. The van der Waals surface area contributed by atoms with Crippen LogP contribution in [0.15, 0.2) is 120 Å². The molecule has 74 heavy (non-hydrogen) atoms. The van der Waals surface area contributed by atoms with E-state index in [9.17, 15) is 0 Å². The standard InChI is InChI=1S/C68H69BN2OS2/c1-63(2,3)38-19-23-40(24-20-38)70-53-34-45-42-17-15-16-18-54(42)72-61(45)58-46-31-43-44-32-48-50(67(11,12)29-27-65(48,7)8)35-55(44)73-57(43)37-52(46)71(41-25-21-39(22-26-41)64(4,5)6)69(59(53)58)62-60(70)47-33-49-51(36-56(47)74-62)68(13,14)30-28-66(49,9)10/h15-26,31-37H,27-30H2,1-14H3. The molecule has 0 unspecified atom stereocenters. The van der Waals surface area contributed by atoms with Gasteiger partial charge in [-0.3, -0.25) is 0 Å². The van der Waals surface area contributed by atoms with Crippen molar-refractivity contribution in [3.05, 3.63) is 149 Å². The number of fused-ring (bicyclic) bond motifs is 15. The zero-order valence-corrected chi connectivity index (χ0v) is 47.6. The van der Waals surface area contributed by atoms with E-state index < -0.39 is 0 Å². The van der Waals surface area contributed by atoms with Crippen molar-refractivity contribution < 1.29 is 4.42 Å². The first-order valence-corrected chi connectivity index (χ1v) is 29.0. The highest BCUT2D eigenvalue weighted by atomic mass is 32.1. The van der Waals surface area contributed by atoms with Crippen LogP contribution in [0.5, 0.6) is 0 Å². The lowest BCUT2D eigenvalue weighted by Gasteiger charge is -2.45. The van der Waals surface area contributed by atoms with Crippen LogP contribution in [-0.4, -0.2) is 6.85 Å². The van der Waals surface area contributed by atoms with Gasteiger partial charge in [0, 0.05) is 79.7 Å². The molecule has 372 valence electrons. The van der Waals surface area contributed by atoms with E-state index in [0.717, 1.165) is 21.9 Å². The molecule has 0 spiro atoms. The van der Waals surface area contributed by atoms with E-state index in [2.05, 4.69) is 222 Å². The Bertz CT molecular complexity index is 4050. The number of furan rings is 1.